The van der Waals surface area contributed by atoms with E-state index < -0.39 is 0 Å². The number of β-amino-alcohol motifs (C(OH)–C–C–N with tert-alkyl or cyclic N) is 1. The number of nitrogen functional groups attached to an aromatic ring is 1. The average molecular weight is 291 g/mol. The minimum atomic E-state index is -0.121. The molecule has 0 bridgehead atoms. The van der Waals surface area contributed by atoms with Crippen LogP contribution in [0.3, 0.4) is 0 Å². The van der Waals surface area contributed by atoms with Gasteiger partial charge in [-0.05, 0) is 31.4 Å². The number of nitrogens with two attached hydrogens (primary N) is 1. The third kappa shape index (κ3) is 3.09. The van der Waals surface area contributed by atoms with Crippen molar-refractivity contribution in [2.45, 2.75) is 31.4 Å². The standard InChI is InChI=1S/C16H25N3O2/c1-21-16-10-13(2-3-15(16)17)18-7-4-12(5-8-18)19-9-6-14(20)11-19/h2-3,10,12,14,20H,4-9,11,17H2,1H3/t14-/m0/s1. The third-order valence-corrected chi connectivity index (χ3v) is 4.76. The molecule has 2 saturated heterocycles. The van der Waals surface area contributed by atoms with E-state index in [2.05, 4.69) is 15.9 Å². The summed E-state index contributed by atoms with van der Waals surface area (Å²) in [7, 11) is 1.65. The lowest BCUT2D eigenvalue weighted by atomic mass is 10.0. The highest BCUT2D eigenvalue weighted by Gasteiger charge is 2.29. The number of anilines is 2. The fraction of sp³-hybridized carbons (Fsp3) is 0.625. The van der Waals surface area contributed by atoms with E-state index in [4.69, 9.17) is 10.5 Å². The van der Waals surface area contributed by atoms with Crippen LogP contribution in [0.2, 0.25) is 0 Å². The predicted octanol–water partition coefficient (Wildman–Crippen LogP) is 1.31. The molecule has 21 heavy (non-hydrogen) atoms. The molecule has 2 fully saturated rings. The number of hydrogen-bond donors (Lipinski definition) is 2. The first-order valence-electron chi connectivity index (χ1n) is 7.78. The number of hydrogen-bond acceptors (Lipinski definition) is 5. The van der Waals surface area contributed by atoms with Crippen molar-refractivity contribution in [3.8, 4) is 5.75 Å². The second-order valence-electron chi connectivity index (χ2n) is 6.08. The lowest BCUT2D eigenvalue weighted by molar-refractivity contribution is 0.148. The fourth-order valence-electron chi connectivity index (χ4n) is 3.49. The fourth-order valence-corrected chi connectivity index (χ4v) is 3.49. The van der Waals surface area contributed by atoms with E-state index in [1.165, 1.54) is 5.69 Å². The summed E-state index contributed by atoms with van der Waals surface area (Å²) < 4.78 is 5.30. The summed E-state index contributed by atoms with van der Waals surface area (Å²) in [4.78, 5) is 4.84. The molecule has 0 saturated carbocycles. The highest BCUT2D eigenvalue weighted by molar-refractivity contribution is 5.62. The van der Waals surface area contributed by atoms with Crippen LogP contribution in [0.25, 0.3) is 0 Å². The minimum absolute atomic E-state index is 0.121. The highest BCUT2D eigenvalue weighted by Crippen LogP contribution is 2.30. The number of methoxy groups -OCH3 is 1. The Morgan fingerprint density at radius 3 is 2.57 bits per heavy atom. The zero-order valence-corrected chi connectivity index (χ0v) is 12.7. The van der Waals surface area contributed by atoms with Crippen LogP contribution in [0.15, 0.2) is 18.2 Å². The van der Waals surface area contributed by atoms with E-state index in [0.717, 1.165) is 51.2 Å². The van der Waals surface area contributed by atoms with Gasteiger partial charge in [-0.1, -0.05) is 0 Å². The van der Waals surface area contributed by atoms with Gasteiger partial charge in [0.25, 0.3) is 0 Å². The molecule has 1 aromatic carbocycles. The summed E-state index contributed by atoms with van der Waals surface area (Å²) in [5.74, 6) is 0.747. The van der Waals surface area contributed by atoms with Gasteiger partial charge in [-0.15, -0.1) is 0 Å². The Morgan fingerprint density at radius 1 is 1.19 bits per heavy atom. The van der Waals surface area contributed by atoms with Crippen LogP contribution in [0, 0.1) is 0 Å². The molecule has 0 aliphatic carbocycles. The average Bonchev–Trinajstić information content (AvgIpc) is 2.94. The maximum absolute atomic E-state index is 9.67. The number of nitrogens with zero attached hydrogens (tertiary/aromatic N) is 2. The van der Waals surface area contributed by atoms with Crippen LogP contribution in [-0.2, 0) is 0 Å². The largest absolute Gasteiger partial charge is 0.495 e. The smallest absolute Gasteiger partial charge is 0.143 e. The number of likely N-dealkylation sites (tertiary alicyclic amines) is 1. The van der Waals surface area contributed by atoms with Crippen LogP contribution in [0.5, 0.6) is 5.75 Å². The van der Waals surface area contributed by atoms with Gasteiger partial charge >= 0.3 is 0 Å². The molecule has 0 aromatic heterocycles. The lowest BCUT2D eigenvalue weighted by Gasteiger charge is -2.38. The summed E-state index contributed by atoms with van der Waals surface area (Å²) in [6.45, 7) is 3.98. The number of piperidine rings is 1. The van der Waals surface area contributed by atoms with Crippen molar-refractivity contribution >= 4 is 11.4 Å². The van der Waals surface area contributed by atoms with E-state index in [1.54, 1.807) is 7.11 Å². The Balaban J connectivity index is 1.60. The third-order valence-electron chi connectivity index (χ3n) is 4.76. The predicted molar refractivity (Wildman–Crippen MR) is 84.8 cm³/mol. The van der Waals surface area contributed by atoms with Crippen molar-refractivity contribution in [3.63, 3.8) is 0 Å². The molecule has 0 unspecified atom stereocenters. The molecular weight excluding hydrogens is 266 g/mol. The van der Waals surface area contributed by atoms with E-state index >= 15 is 0 Å². The normalized spacial score (nSPS) is 24.5. The van der Waals surface area contributed by atoms with E-state index in [9.17, 15) is 5.11 Å². The van der Waals surface area contributed by atoms with Gasteiger partial charge in [0, 0.05) is 44.0 Å². The highest BCUT2D eigenvalue weighted by atomic mass is 16.5. The molecule has 1 aromatic rings. The first-order chi connectivity index (χ1) is 10.2. The van der Waals surface area contributed by atoms with Gasteiger partial charge in [-0.2, -0.15) is 0 Å². The molecule has 2 aliphatic rings. The Hall–Kier alpha value is -1.46. The maximum Gasteiger partial charge on any atom is 0.143 e. The summed E-state index contributed by atoms with van der Waals surface area (Å²) in [5.41, 5.74) is 7.74. The van der Waals surface area contributed by atoms with Crippen LogP contribution >= 0.6 is 0 Å². The summed E-state index contributed by atoms with van der Waals surface area (Å²) in [6.07, 6.45) is 3.11. The van der Waals surface area contributed by atoms with Crippen LogP contribution in [0.4, 0.5) is 11.4 Å². The molecule has 3 N–H and O–H groups in total. The SMILES string of the molecule is COc1cc(N2CCC(N3CC[C@H](O)C3)CC2)ccc1N. The van der Waals surface area contributed by atoms with Gasteiger partial charge in [0.2, 0.25) is 0 Å². The van der Waals surface area contributed by atoms with E-state index in [0.29, 0.717) is 11.7 Å². The Bertz CT molecular complexity index is 486. The number of aliphatic hydroxyl groups excluding tert-OH is 1. The first kappa shape index (κ1) is 14.5. The maximum atomic E-state index is 9.67. The molecule has 5 nitrogen and oxygen atoms in total. The molecule has 2 aliphatic heterocycles. The molecule has 5 heteroatoms. The van der Waals surface area contributed by atoms with E-state index in [1.807, 2.05) is 12.1 Å². The second kappa shape index (κ2) is 6.12. The number of ether oxygens (including phenoxy) is 1. The van der Waals surface area contributed by atoms with Crippen molar-refractivity contribution < 1.29 is 9.84 Å². The zero-order chi connectivity index (χ0) is 14.8. The zero-order valence-electron chi connectivity index (χ0n) is 12.7. The number of aliphatic hydroxyl groups is 1. The minimum Gasteiger partial charge on any atom is -0.495 e. The van der Waals surface area contributed by atoms with Crippen LogP contribution < -0.4 is 15.4 Å². The summed E-state index contributed by atoms with van der Waals surface area (Å²) >= 11 is 0. The monoisotopic (exact) mass is 291 g/mol. The number of benzene rings is 1. The molecule has 0 amide bonds. The Labute approximate surface area is 126 Å². The molecule has 0 spiro atoms. The second-order valence-corrected chi connectivity index (χ2v) is 6.08. The molecule has 0 radical (unpaired) electrons. The summed E-state index contributed by atoms with van der Waals surface area (Å²) in [6, 6.07) is 6.62. The van der Waals surface area contributed by atoms with Crippen molar-refractivity contribution in [2.75, 3.05) is 43.9 Å². The number of rotatable bonds is 3. The van der Waals surface area contributed by atoms with Crippen molar-refractivity contribution in [1.29, 1.82) is 0 Å². The van der Waals surface area contributed by atoms with Crippen LogP contribution in [-0.4, -0.2) is 55.4 Å². The Morgan fingerprint density at radius 2 is 1.95 bits per heavy atom. The molecule has 3 rings (SSSR count). The molecule has 2 heterocycles. The van der Waals surface area contributed by atoms with Crippen molar-refractivity contribution in [1.82, 2.24) is 4.90 Å². The lowest BCUT2D eigenvalue weighted by Crippen LogP contribution is -2.44. The van der Waals surface area contributed by atoms with Gasteiger partial charge in [-0.3, -0.25) is 4.90 Å². The molecule has 1 atom stereocenters. The van der Waals surface area contributed by atoms with Crippen molar-refractivity contribution in [2.24, 2.45) is 0 Å². The van der Waals surface area contributed by atoms with Crippen LogP contribution in [0.1, 0.15) is 19.3 Å². The Kier molecular flexibility index (Phi) is 4.22. The van der Waals surface area contributed by atoms with E-state index in [-0.39, 0.29) is 6.10 Å². The summed E-state index contributed by atoms with van der Waals surface area (Å²) in [5, 5.41) is 9.67. The van der Waals surface area contributed by atoms with Gasteiger partial charge in [0.05, 0.1) is 18.9 Å². The topological polar surface area (TPSA) is 62.0 Å². The quantitative estimate of drug-likeness (QED) is 0.822. The van der Waals surface area contributed by atoms with Crippen molar-refractivity contribution in [3.05, 3.63) is 18.2 Å². The molecule has 116 valence electrons. The van der Waals surface area contributed by atoms with Gasteiger partial charge in [-0.25, -0.2) is 0 Å². The van der Waals surface area contributed by atoms with Gasteiger partial charge in [0.1, 0.15) is 5.75 Å². The van der Waals surface area contributed by atoms with Gasteiger partial charge < -0.3 is 20.5 Å². The van der Waals surface area contributed by atoms with Gasteiger partial charge in [0.15, 0.2) is 0 Å². The first-order valence-corrected chi connectivity index (χ1v) is 7.78. The molecular formula is C16H25N3O2.